The zero-order valence-electron chi connectivity index (χ0n) is 22.4. The fourth-order valence-corrected chi connectivity index (χ4v) is 5.91. The molecule has 1 atom stereocenters. The summed E-state index contributed by atoms with van der Waals surface area (Å²) in [6.07, 6.45) is 5.46. The average molecular weight is 516 g/mol. The predicted molar refractivity (Wildman–Crippen MR) is 147 cm³/mol. The molecule has 0 spiro atoms. The Labute approximate surface area is 224 Å². The number of fused-ring (bicyclic) bond motifs is 1. The number of amides is 2. The van der Waals surface area contributed by atoms with Gasteiger partial charge in [0.1, 0.15) is 11.7 Å². The van der Waals surface area contributed by atoms with E-state index in [4.69, 9.17) is 0 Å². The Bertz CT molecular complexity index is 1320. The van der Waals surface area contributed by atoms with Crippen molar-refractivity contribution in [3.8, 4) is 11.1 Å². The molecular formula is C30H37N5O3. The van der Waals surface area contributed by atoms with Gasteiger partial charge in [0.2, 0.25) is 5.91 Å². The van der Waals surface area contributed by atoms with Gasteiger partial charge in [-0.2, -0.15) is 4.73 Å². The highest BCUT2D eigenvalue weighted by molar-refractivity contribution is 6.01. The van der Waals surface area contributed by atoms with Crippen LogP contribution in [0, 0.1) is 30.9 Å². The first-order valence-electron chi connectivity index (χ1n) is 13.6. The van der Waals surface area contributed by atoms with Crippen LogP contribution in [-0.4, -0.2) is 29.0 Å². The van der Waals surface area contributed by atoms with Crippen LogP contribution in [-0.2, 0) is 17.9 Å². The van der Waals surface area contributed by atoms with Crippen LogP contribution < -0.4 is 20.7 Å². The number of aryl methyl sites for hydroxylation is 1. The van der Waals surface area contributed by atoms with Gasteiger partial charge in [0.25, 0.3) is 5.91 Å². The molecule has 200 valence electrons. The van der Waals surface area contributed by atoms with Gasteiger partial charge in [-0.3, -0.25) is 9.59 Å². The number of carbonyl (C=O) groups excluding carboxylic acids is 2. The number of benzene rings is 1. The minimum Gasteiger partial charge on any atom is -0.618 e. The second-order valence-corrected chi connectivity index (χ2v) is 10.9. The van der Waals surface area contributed by atoms with E-state index in [2.05, 4.69) is 22.9 Å². The van der Waals surface area contributed by atoms with E-state index in [9.17, 15) is 14.8 Å². The summed E-state index contributed by atoms with van der Waals surface area (Å²) < 4.78 is 2.91. The third-order valence-corrected chi connectivity index (χ3v) is 8.21. The number of anilines is 1. The number of aromatic nitrogens is 2. The molecule has 38 heavy (non-hydrogen) atoms. The molecule has 3 N–H and O–H groups in total. The Morgan fingerprint density at radius 3 is 2.53 bits per heavy atom. The van der Waals surface area contributed by atoms with E-state index < -0.39 is 6.04 Å². The second-order valence-electron chi connectivity index (χ2n) is 10.9. The van der Waals surface area contributed by atoms with Crippen LogP contribution >= 0.6 is 0 Å². The highest BCUT2D eigenvalue weighted by atomic mass is 16.5. The van der Waals surface area contributed by atoms with Crippen molar-refractivity contribution in [3.63, 3.8) is 0 Å². The number of carbonyl (C=O) groups is 2. The molecular weight excluding hydrogens is 478 g/mol. The highest BCUT2D eigenvalue weighted by Crippen LogP contribution is 2.32. The van der Waals surface area contributed by atoms with Crippen molar-refractivity contribution in [2.75, 3.05) is 11.9 Å². The number of rotatable bonds is 6. The van der Waals surface area contributed by atoms with E-state index in [-0.39, 0.29) is 17.7 Å². The second kappa shape index (κ2) is 11.0. The van der Waals surface area contributed by atoms with Gasteiger partial charge < -0.3 is 25.7 Å². The lowest BCUT2D eigenvalue weighted by atomic mass is 9.79. The van der Waals surface area contributed by atoms with E-state index >= 15 is 0 Å². The Morgan fingerprint density at radius 1 is 1.05 bits per heavy atom. The molecule has 2 aliphatic rings. The van der Waals surface area contributed by atoms with Crippen LogP contribution in [0.25, 0.3) is 11.1 Å². The van der Waals surface area contributed by atoms with Gasteiger partial charge in [-0.15, -0.1) is 0 Å². The molecule has 1 aliphatic carbocycles. The topological polar surface area (TPSA) is 102 Å². The molecule has 3 heterocycles. The smallest absolute Gasteiger partial charge is 0.268 e. The van der Waals surface area contributed by atoms with E-state index in [1.54, 1.807) is 0 Å². The van der Waals surface area contributed by atoms with E-state index in [1.165, 1.54) is 6.20 Å². The van der Waals surface area contributed by atoms with Crippen molar-refractivity contribution in [3.05, 3.63) is 76.5 Å². The number of pyridine rings is 1. The largest absolute Gasteiger partial charge is 0.618 e. The summed E-state index contributed by atoms with van der Waals surface area (Å²) in [6, 6.07) is 12.6. The highest BCUT2D eigenvalue weighted by Gasteiger charge is 2.33. The molecule has 2 aromatic heterocycles. The minimum absolute atomic E-state index is 0.0917. The molecule has 8 heteroatoms. The van der Waals surface area contributed by atoms with Crippen molar-refractivity contribution in [2.24, 2.45) is 11.8 Å². The van der Waals surface area contributed by atoms with Gasteiger partial charge in [0.05, 0.1) is 5.56 Å². The Kier molecular flexibility index (Phi) is 7.51. The summed E-state index contributed by atoms with van der Waals surface area (Å²) in [5.41, 5.74) is 5.82. The quantitative estimate of drug-likeness (QED) is 0.340. The Morgan fingerprint density at radius 2 is 1.79 bits per heavy atom. The molecule has 8 nitrogen and oxygen atoms in total. The fraction of sp³-hybridized carbons (Fsp3) is 0.433. The number of hydrogen-bond donors (Lipinski definition) is 3. The summed E-state index contributed by atoms with van der Waals surface area (Å²) in [7, 11) is 0. The lowest BCUT2D eigenvalue weighted by Crippen LogP contribution is -2.50. The van der Waals surface area contributed by atoms with Crippen LogP contribution in [0.5, 0.6) is 0 Å². The van der Waals surface area contributed by atoms with E-state index in [0.29, 0.717) is 23.0 Å². The zero-order valence-corrected chi connectivity index (χ0v) is 22.4. The zero-order chi connectivity index (χ0) is 26.8. The molecule has 0 radical (unpaired) electrons. The van der Waals surface area contributed by atoms with Crippen molar-refractivity contribution in [1.29, 1.82) is 0 Å². The molecule has 1 aliphatic heterocycles. The summed E-state index contributed by atoms with van der Waals surface area (Å²) in [5.74, 6) is 0.338. The first kappa shape index (κ1) is 26.0. The van der Waals surface area contributed by atoms with Gasteiger partial charge in [-0.25, -0.2) is 0 Å². The summed E-state index contributed by atoms with van der Waals surface area (Å²) >= 11 is 0. The van der Waals surface area contributed by atoms with Gasteiger partial charge in [-0.1, -0.05) is 31.9 Å². The van der Waals surface area contributed by atoms with Crippen LogP contribution in [0.2, 0.25) is 0 Å². The lowest BCUT2D eigenvalue weighted by molar-refractivity contribution is -0.611. The van der Waals surface area contributed by atoms with Crippen LogP contribution in [0.15, 0.2) is 48.7 Å². The van der Waals surface area contributed by atoms with Crippen molar-refractivity contribution in [2.45, 2.75) is 65.6 Å². The van der Waals surface area contributed by atoms with Crippen LogP contribution in [0.3, 0.4) is 0 Å². The van der Waals surface area contributed by atoms with Gasteiger partial charge >= 0.3 is 0 Å². The maximum absolute atomic E-state index is 13.6. The molecule has 3 aromatic rings. The SMILES string of the molecule is Cc1cc[n+]([O-])c(C)c1-c1ccc(NC(=O)[C@@H](NC(=O)c2ccc3n2CCNC3)C2CCC(C)CC2)cc1. The maximum Gasteiger partial charge on any atom is 0.268 e. The van der Waals surface area contributed by atoms with Crippen molar-refractivity contribution >= 4 is 17.5 Å². The van der Waals surface area contributed by atoms with E-state index in [0.717, 1.165) is 72.4 Å². The summed E-state index contributed by atoms with van der Waals surface area (Å²) in [4.78, 5) is 27.0. The number of nitrogens with one attached hydrogen (secondary N) is 3. The standard InChI is InChI=1S/C30H37N5O3/c1-19-4-6-23(7-5-19)28(33-29(36)26-13-12-25-18-31-15-17-34(25)26)30(37)32-24-10-8-22(9-11-24)27-20(2)14-16-35(38)21(27)3/h8-14,16,19,23,28,31H,4-7,15,17-18H2,1-3H3,(H,32,37)(H,33,36)/t19?,23?,28-/m0/s1. The van der Waals surface area contributed by atoms with E-state index in [1.807, 2.05) is 60.9 Å². The number of nitrogens with zero attached hydrogens (tertiary/aromatic N) is 2. The van der Waals surface area contributed by atoms with Gasteiger partial charge in [0.15, 0.2) is 11.9 Å². The minimum atomic E-state index is -0.611. The molecule has 5 rings (SSSR count). The molecule has 1 aromatic carbocycles. The Hall–Kier alpha value is -3.65. The van der Waals surface area contributed by atoms with Crippen LogP contribution in [0.4, 0.5) is 5.69 Å². The first-order chi connectivity index (χ1) is 18.3. The molecule has 2 amide bonds. The first-order valence-corrected chi connectivity index (χ1v) is 13.6. The normalized spacial score (nSPS) is 19.9. The maximum atomic E-state index is 13.6. The average Bonchev–Trinajstić information content (AvgIpc) is 3.35. The van der Waals surface area contributed by atoms with Gasteiger partial charge in [-0.05, 0) is 67.0 Å². The Balaban J connectivity index is 1.34. The molecule has 0 unspecified atom stereocenters. The van der Waals surface area contributed by atoms with Crippen molar-refractivity contribution in [1.82, 2.24) is 15.2 Å². The molecule has 0 saturated heterocycles. The third kappa shape index (κ3) is 5.31. The summed E-state index contributed by atoms with van der Waals surface area (Å²) in [5, 5.41) is 21.6. The molecule has 0 bridgehead atoms. The van der Waals surface area contributed by atoms with Crippen LogP contribution in [0.1, 0.15) is 60.0 Å². The predicted octanol–water partition coefficient (Wildman–Crippen LogP) is 4.07. The molecule has 1 saturated carbocycles. The summed E-state index contributed by atoms with van der Waals surface area (Å²) in [6.45, 7) is 8.33. The van der Waals surface area contributed by atoms with Gasteiger partial charge in [0, 0.05) is 44.0 Å². The molecule has 1 fully saturated rings. The number of hydrogen-bond acceptors (Lipinski definition) is 4. The van der Waals surface area contributed by atoms with Crippen molar-refractivity contribution < 1.29 is 14.3 Å². The lowest BCUT2D eigenvalue weighted by Gasteiger charge is -2.32. The third-order valence-electron chi connectivity index (χ3n) is 8.21. The monoisotopic (exact) mass is 515 g/mol. The fourth-order valence-electron chi connectivity index (χ4n) is 5.91.